The molecule has 2 fully saturated rings. The second kappa shape index (κ2) is 6.53. The van der Waals surface area contributed by atoms with Crippen molar-refractivity contribution < 1.29 is 4.74 Å². The van der Waals surface area contributed by atoms with Gasteiger partial charge in [-0.15, -0.1) is 0 Å². The Labute approximate surface area is 118 Å². The fraction of sp³-hybridized carbons (Fsp3) is 1.00. The summed E-state index contributed by atoms with van der Waals surface area (Å²) >= 11 is 0. The molecule has 1 aliphatic carbocycles. The third kappa shape index (κ3) is 2.97. The maximum absolute atomic E-state index is 5.99. The number of rotatable bonds is 5. The Bertz CT molecular complexity index is 281. The van der Waals surface area contributed by atoms with E-state index in [9.17, 15) is 0 Å². The lowest BCUT2D eigenvalue weighted by Crippen LogP contribution is -2.66. The first-order chi connectivity index (χ1) is 9.16. The van der Waals surface area contributed by atoms with Gasteiger partial charge in [-0.25, -0.2) is 0 Å². The summed E-state index contributed by atoms with van der Waals surface area (Å²) in [6, 6.07) is 0.494. The van der Waals surface area contributed by atoms with Gasteiger partial charge in [0.05, 0.1) is 11.8 Å². The van der Waals surface area contributed by atoms with Crippen LogP contribution in [-0.2, 0) is 4.74 Å². The van der Waals surface area contributed by atoms with Crippen LogP contribution in [0.5, 0.6) is 0 Å². The van der Waals surface area contributed by atoms with Crippen LogP contribution in [0.4, 0.5) is 0 Å². The Hall–Kier alpha value is -0.160. The van der Waals surface area contributed by atoms with Gasteiger partial charge in [-0.05, 0) is 65.1 Å². The standard InChI is InChI=1S/C15H31N3O/c1-11-7-8-19-13(9-11)10-12-5-6-14(16-2)15(12,17-3)18-4/h11-14,16-18H,5-10H2,1-4H3. The van der Waals surface area contributed by atoms with Crippen LogP contribution in [-0.4, -0.2) is 45.6 Å². The summed E-state index contributed by atoms with van der Waals surface area (Å²) in [6.45, 7) is 3.30. The van der Waals surface area contributed by atoms with Gasteiger partial charge in [-0.1, -0.05) is 6.92 Å². The number of ether oxygens (including phenoxy) is 1. The molecule has 2 rings (SSSR count). The fourth-order valence-corrected chi connectivity index (χ4v) is 4.22. The van der Waals surface area contributed by atoms with E-state index in [4.69, 9.17) is 4.74 Å². The van der Waals surface area contributed by atoms with Gasteiger partial charge in [-0.3, -0.25) is 0 Å². The maximum Gasteiger partial charge on any atom is 0.0869 e. The molecule has 1 saturated carbocycles. The average Bonchev–Trinajstić information content (AvgIpc) is 2.77. The minimum atomic E-state index is 0.0127. The van der Waals surface area contributed by atoms with Gasteiger partial charge in [0, 0.05) is 12.6 Å². The first-order valence-electron chi connectivity index (χ1n) is 7.83. The lowest BCUT2D eigenvalue weighted by Gasteiger charge is -2.42. The van der Waals surface area contributed by atoms with E-state index < -0.39 is 0 Å². The molecule has 3 N–H and O–H groups in total. The summed E-state index contributed by atoms with van der Waals surface area (Å²) in [4.78, 5) is 0. The van der Waals surface area contributed by atoms with Crippen LogP contribution in [0.3, 0.4) is 0 Å². The van der Waals surface area contributed by atoms with Gasteiger partial charge >= 0.3 is 0 Å². The molecule has 0 spiro atoms. The molecule has 4 unspecified atom stereocenters. The van der Waals surface area contributed by atoms with Gasteiger partial charge in [0.15, 0.2) is 0 Å². The minimum absolute atomic E-state index is 0.0127. The second-order valence-corrected chi connectivity index (χ2v) is 6.34. The van der Waals surface area contributed by atoms with Crippen molar-refractivity contribution in [1.82, 2.24) is 16.0 Å². The molecule has 1 saturated heterocycles. The summed E-state index contributed by atoms with van der Waals surface area (Å²) < 4.78 is 5.99. The van der Waals surface area contributed by atoms with Crippen LogP contribution < -0.4 is 16.0 Å². The molecular formula is C15H31N3O. The van der Waals surface area contributed by atoms with Crippen LogP contribution in [0.1, 0.15) is 39.0 Å². The lowest BCUT2D eigenvalue weighted by molar-refractivity contribution is -0.0267. The molecule has 4 nitrogen and oxygen atoms in total. The number of hydrogen-bond donors (Lipinski definition) is 3. The van der Waals surface area contributed by atoms with Crippen LogP contribution in [0.15, 0.2) is 0 Å². The molecule has 1 heterocycles. The summed E-state index contributed by atoms with van der Waals surface area (Å²) in [5.74, 6) is 1.45. The van der Waals surface area contributed by atoms with Crippen molar-refractivity contribution in [2.24, 2.45) is 11.8 Å². The van der Waals surface area contributed by atoms with Crippen LogP contribution in [0, 0.1) is 11.8 Å². The topological polar surface area (TPSA) is 45.3 Å². The normalized spacial score (nSPS) is 38.5. The summed E-state index contributed by atoms with van der Waals surface area (Å²) in [5, 5.41) is 10.6. The largest absolute Gasteiger partial charge is 0.378 e. The molecule has 1 aliphatic heterocycles. The third-order valence-electron chi connectivity index (χ3n) is 5.35. The SMILES string of the molecule is CNC1CCC(CC2CC(C)CCO2)C1(NC)NC. The lowest BCUT2D eigenvalue weighted by atomic mass is 9.85. The van der Waals surface area contributed by atoms with Crippen LogP contribution in [0.25, 0.3) is 0 Å². The van der Waals surface area contributed by atoms with Crippen molar-refractivity contribution in [3.05, 3.63) is 0 Å². The fourth-order valence-electron chi connectivity index (χ4n) is 4.22. The quantitative estimate of drug-likeness (QED) is 0.659. The van der Waals surface area contributed by atoms with Gasteiger partial charge in [0.1, 0.15) is 0 Å². The predicted molar refractivity (Wildman–Crippen MR) is 79.2 cm³/mol. The monoisotopic (exact) mass is 269 g/mol. The van der Waals surface area contributed by atoms with Crippen LogP contribution >= 0.6 is 0 Å². The van der Waals surface area contributed by atoms with E-state index in [0.717, 1.165) is 12.5 Å². The Morgan fingerprint density at radius 2 is 1.84 bits per heavy atom. The minimum Gasteiger partial charge on any atom is -0.378 e. The molecule has 19 heavy (non-hydrogen) atoms. The van der Waals surface area contributed by atoms with Gasteiger partial charge < -0.3 is 20.7 Å². The van der Waals surface area contributed by atoms with Gasteiger partial charge in [-0.2, -0.15) is 0 Å². The summed E-state index contributed by atoms with van der Waals surface area (Å²) in [7, 11) is 6.21. The van der Waals surface area contributed by atoms with E-state index in [0.29, 0.717) is 18.1 Å². The molecular weight excluding hydrogens is 238 g/mol. The van der Waals surface area contributed by atoms with E-state index in [1.165, 1.54) is 32.1 Å². The van der Waals surface area contributed by atoms with Crippen molar-refractivity contribution >= 4 is 0 Å². The maximum atomic E-state index is 5.99. The van der Waals surface area contributed by atoms with Crippen molar-refractivity contribution in [3.63, 3.8) is 0 Å². The number of likely N-dealkylation sites (N-methyl/N-ethyl adjacent to an activating group) is 3. The number of hydrogen-bond acceptors (Lipinski definition) is 4. The molecule has 0 amide bonds. The van der Waals surface area contributed by atoms with Crippen LogP contribution in [0.2, 0.25) is 0 Å². The van der Waals surface area contributed by atoms with E-state index >= 15 is 0 Å². The molecule has 0 bridgehead atoms. The molecule has 0 aromatic carbocycles. The molecule has 0 aromatic rings. The van der Waals surface area contributed by atoms with Crippen molar-refractivity contribution in [1.29, 1.82) is 0 Å². The molecule has 2 aliphatic rings. The zero-order chi connectivity index (χ0) is 13.9. The van der Waals surface area contributed by atoms with Gasteiger partial charge in [0.25, 0.3) is 0 Å². The molecule has 112 valence electrons. The third-order valence-corrected chi connectivity index (χ3v) is 5.35. The van der Waals surface area contributed by atoms with Gasteiger partial charge in [0.2, 0.25) is 0 Å². The highest BCUT2D eigenvalue weighted by molar-refractivity contribution is 5.05. The highest BCUT2D eigenvalue weighted by atomic mass is 16.5. The molecule has 4 atom stereocenters. The van der Waals surface area contributed by atoms with Crippen molar-refractivity contribution in [2.75, 3.05) is 27.7 Å². The molecule has 0 aromatic heterocycles. The zero-order valence-corrected chi connectivity index (χ0v) is 13.0. The molecule has 4 heteroatoms. The second-order valence-electron chi connectivity index (χ2n) is 6.34. The van der Waals surface area contributed by atoms with Crippen molar-refractivity contribution in [2.45, 2.75) is 56.8 Å². The highest BCUT2D eigenvalue weighted by Crippen LogP contribution is 2.38. The van der Waals surface area contributed by atoms with E-state index in [1.807, 2.05) is 0 Å². The van der Waals surface area contributed by atoms with E-state index in [1.54, 1.807) is 0 Å². The Kier molecular flexibility index (Phi) is 5.23. The highest BCUT2D eigenvalue weighted by Gasteiger charge is 2.48. The zero-order valence-electron chi connectivity index (χ0n) is 13.0. The summed E-state index contributed by atoms with van der Waals surface area (Å²) in [6.07, 6.45) is 6.57. The average molecular weight is 269 g/mol. The van der Waals surface area contributed by atoms with E-state index in [2.05, 4.69) is 44.0 Å². The Morgan fingerprint density at radius 1 is 1.11 bits per heavy atom. The van der Waals surface area contributed by atoms with Crippen molar-refractivity contribution in [3.8, 4) is 0 Å². The molecule has 0 radical (unpaired) electrons. The first kappa shape index (κ1) is 15.2. The smallest absolute Gasteiger partial charge is 0.0869 e. The van der Waals surface area contributed by atoms with E-state index in [-0.39, 0.29) is 5.66 Å². The summed E-state index contributed by atoms with van der Waals surface area (Å²) in [5.41, 5.74) is 0.0127. The predicted octanol–water partition coefficient (Wildman–Crippen LogP) is 1.32. The Morgan fingerprint density at radius 3 is 2.42 bits per heavy atom. The number of nitrogens with one attached hydrogen (secondary N) is 3. The Balaban J connectivity index is 2.02. The first-order valence-corrected chi connectivity index (χ1v) is 7.83.